The van der Waals surface area contributed by atoms with E-state index in [1.54, 1.807) is 6.07 Å². The molecule has 2 heterocycles. The molecule has 0 saturated heterocycles. The van der Waals surface area contributed by atoms with E-state index < -0.39 is 15.9 Å². The Morgan fingerprint density at radius 2 is 1.68 bits per heavy atom. The summed E-state index contributed by atoms with van der Waals surface area (Å²) in [5.41, 5.74) is 3.64. The number of carbonyl (C=O) groups is 1. The monoisotopic (exact) mass is 528 g/mol. The largest absolute Gasteiger partial charge is 0.283 e. The summed E-state index contributed by atoms with van der Waals surface area (Å²) in [7, 11) is -3.82. The van der Waals surface area contributed by atoms with Gasteiger partial charge in [-0.3, -0.25) is 14.0 Å². The van der Waals surface area contributed by atoms with E-state index in [9.17, 15) is 18.0 Å². The molecular weight excluding hydrogens is 504 g/mol. The zero-order valence-electron chi connectivity index (χ0n) is 20.1. The van der Waals surface area contributed by atoms with E-state index in [0.29, 0.717) is 22.0 Å². The standard InChI is InChI=1S/C29H24N2O4S2/c1-37(34,35)30-28(33)26-27(20-9-3-2-4-10-20)36-29-25(19-14-15-19)22(17-24(32)31(26)29)16-21-12-7-11-18-8-5-6-13-23(18)21/h2-13,17,19H,14-16H2,1H3,(H,30,33). The van der Waals surface area contributed by atoms with Gasteiger partial charge in [-0.25, -0.2) is 13.1 Å². The van der Waals surface area contributed by atoms with Crippen LogP contribution in [-0.4, -0.2) is 25.0 Å². The Bertz CT molecular complexity index is 1850. The van der Waals surface area contributed by atoms with E-state index in [2.05, 4.69) is 29.0 Å². The molecule has 1 aliphatic rings. The smallest absolute Gasteiger partial charge is 0.269 e. The second-order valence-corrected chi connectivity index (χ2v) is 12.2. The number of aromatic nitrogens is 1. The molecule has 6 rings (SSSR count). The normalized spacial score (nSPS) is 13.8. The van der Waals surface area contributed by atoms with Crippen LogP contribution in [0.3, 0.4) is 0 Å². The van der Waals surface area contributed by atoms with Crippen molar-refractivity contribution < 1.29 is 13.2 Å². The second-order valence-electron chi connectivity index (χ2n) is 9.50. The van der Waals surface area contributed by atoms with Crippen molar-refractivity contribution in [3.63, 3.8) is 0 Å². The van der Waals surface area contributed by atoms with Gasteiger partial charge in [0.05, 0.1) is 11.1 Å². The molecular formula is C29H24N2O4S2. The van der Waals surface area contributed by atoms with E-state index in [4.69, 9.17) is 0 Å². The lowest BCUT2D eigenvalue weighted by Gasteiger charge is -2.13. The molecule has 1 fully saturated rings. The number of benzene rings is 3. The van der Waals surface area contributed by atoms with Gasteiger partial charge in [-0.05, 0) is 58.2 Å². The molecule has 1 saturated carbocycles. The zero-order chi connectivity index (χ0) is 25.7. The highest BCUT2D eigenvalue weighted by atomic mass is 32.2. The van der Waals surface area contributed by atoms with Gasteiger partial charge < -0.3 is 0 Å². The van der Waals surface area contributed by atoms with Crippen molar-refractivity contribution in [1.82, 2.24) is 9.12 Å². The van der Waals surface area contributed by atoms with Crippen molar-refractivity contribution in [1.29, 1.82) is 0 Å². The van der Waals surface area contributed by atoms with Crippen molar-refractivity contribution in [2.75, 3.05) is 6.26 Å². The van der Waals surface area contributed by atoms with Crippen molar-refractivity contribution >= 4 is 42.9 Å². The lowest BCUT2D eigenvalue weighted by molar-refractivity contribution is 0.0976. The number of nitrogens with one attached hydrogen (secondary N) is 1. The summed E-state index contributed by atoms with van der Waals surface area (Å²) in [6, 6.07) is 25.3. The molecule has 5 aromatic rings. The van der Waals surface area contributed by atoms with Gasteiger partial charge in [0.1, 0.15) is 10.5 Å². The molecule has 3 aromatic carbocycles. The summed E-state index contributed by atoms with van der Waals surface area (Å²) in [5, 5.41) is 2.30. The maximum atomic E-state index is 13.6. The van der Waals surface area contributed by atoms with Crippen molar-refractivity contribution in [3.05, 3.63) is 112 Å². The third kappa shape index (κ3) is 4.47. The van der Waals surface area contributed by atoms with E-state index in [0.717, 1.165) is 52.1 Å². The van der Waals surface area contributed by atoms with E-state index >= 15 is 0 Å². The fourth-order valence-electron chi connectivity index (χ4n) is 5.02. The fourth-order valence-corrected chi connectivity index (χ4v) is 6.86. The summed E-state index contributed by atoms with van der Waals surface area (Å²) in [6.07, 6.45) is 3.56. The summed E-state index contributed by atoms with van der Waals surface area (Å²) in [4.78, 5) is 28.2. The molecule has 0 radical (unpaired) electrons. The van der Waals surface area contributed by atoms with Gasteiger partial charge in [0, 0.05) is 6.07 Å². The molecule has 0 bridgehead atoms. The topological polar surface area (TPSA) is 84.7 Å². The first-order valence-corrected chi connectivity index (χ1v) is 14.8. The number of carbonyl (C=O) groups excluding carboxylic acids is 1. The zero-order valence-corrected chi connectivity index (χ0v) is 21.7. The number of amides is 1. The van der Waals surface area contributed by atoms with Crippen LogP contribution in [0.25, 0.3) is 26.0 Å². The Morgan fingerprint density at radius 1 is 0.973 bits per heavy atom. The highest BCUT2D eigenvalue weighted by molar-refractivity contribution is 7.89. The van der Waals surface area contributed by atoms with Crippen LogP contribution in [0.1, 0.15) is 45.9 Å². The minimum atomic E-state index is -3.82. The molecule has 2 aromatic heterocycles. The summed E-state index contributed by atoms with van der Waals surface area (Å²) >= 11 is 1.38. The Morgan fingerprint density at radius 3 is 2.41 bits per heavy atom. The third-order valence-electron chi connectivity index (χ3n) is 6.71. The van der Waals surface area contributed by atoms with E-state index in [-0.39, 0.29) is 11.3 Å². The molecule has 8 heteroatoms. The average molecular weight is 529 g/mol. The highest BCUT2D eigenvalue weighted by Gasteiger charge is 2.33. The first-order valence-electron chi connectivity index (χ1n) is 12.1. The van der Waals surface area contributed by atoms with Crippen LogP contribution in [0.15, 0.2) is 83.7 Å². The van der Waals surface area contributed by atoms with Gasteiger partial charge in [0.15, 0.2) is 0 Å². The number of hydrogen-bond acceptors (Lipinski definition) is 5. The molecule has 1 N–H and O–H groups in total. The number of pyridine rings is 1. The molecule has 0 unspecified atom stereocenters. The van der Waals surface area contributed by atoms with Crippen LogP contribution in [-0.2, 0) is 16.4 Å². The van der Waals surface area contributed by atoms with Crippen LogP contribution in [0.4, 0.5) is 0 Å². The summed E-state index contributed by atoms with van der Waals surface area (Å²) in [5.74, 6) is -0.507. The van der Waals surface area contributed by atoms with Gasteiger partial charge in [-0.1, -0.05) is 72.8 Å². The maximum absolute atomic E-state index is 13.6. The molecule has 1 amide bonds. The summed E-state index contributed by atoms with van der Waals surface area (Å²) < 4.78 is 27.4. The lowest BCUT2D eigenvalue weighted by Crippen LogP contribution is -2.32. The second kappa shape index (κ2) is 8.97. The van der Waals surface area contributed by atoms with Crippen molar-refractivity contribution in [2.45, 2.75) is 25.2 Å². The van der Waals surface area contributed by atoms with Crippen LogP contribution < -0.4 is 10.3 Å². The Kier molecular flexibility index (Phi) is 5.73. The number of hydrogen-bond donors (Lipinski definition) is 1. The van der Waals surface area contributed by atoms with Gasteiger partial charge in [0.25, 0.3) is 11.5 Å². The van der Waals surface area contributed by atoms with Gasteiger partial charge in [0.2, 0.25) is 10.0 Å². The Balaban J connectivity index is 1.61. The molecule has 0 spiro atoms. The number of sulfonamides is 1. The average Bonchev–Trinajstić information content (AvgIpc) is 3.62. The first kappa shape index (κ1) is 23.6. The van der Waals surface area contributed by atoms with Crippen LogP contribution >= 0.6 is 11.3 Å². The molecule has 37 heavy (non-hydrogen) atoms. The first-order chi connectivity index (χ1) is 17.8. The molecule has 0 atom stereocenters. The fraction of sp³-hybridized carbons (Fsp3) is 0.172. The molecule has 6 nitrogen and oxygen atoms in total. The summed E-state index contributed by atoms with van der Waals surface area (Å²) in [6.45, 7) is 0. The lowest BCUT2D eigenvalue weighted by atomic mass is 9.95. The van der Waals surface area contributed by atoms with Gasteiger partial charge >= 0.3 is 0 Å². The van der Waals surface area contributed by atoms with Crippen molar-refractivity contribution in [2.24, 2.45) is 0 Å². The Labute approximate surface area is 218 Å². The minimum Gasteiger partial charge on any atom is -0.269 e. The highest BCUT2D eigenvalue weighted by Crippen LogP contribution is 2.47. The predicted octanol–water partition coefficient (Wildman–Crippen LogP) is 5.34. The van der Waals surface area contributed by atoms with Gasteiger partial charge in [-0.15, -0.1) is 11.3 Å². The van der Waals surface area contributed by atoms with Crippen LogP contribution in [0.2, 0.25) is 0 Å². The number of thiazole rings is 1. The number of nitrogens with zero attached hydrogens (tertiary/aromatic N) is 1. The van der Waals surface area contributed by atoms with E-state index in [1.165, 1.54) is 15.7 Å². The van der Waals surface area contributed by atoms with Crippen molar-refractivity contribution in [3.8, 4) is 10.4 Å². The number of fused-ring (bicyclic) bond motifs is 2. The van der Waals surface area contributed by atoms with Crippen LogP contribution in [0.5, 0.6) is 0 Å². The molecule has 1 aliphatic carbocycles. The maximum Gasteiger partial charge on any atom is 0.283 e. The number of rotatable bonds is 6. The minimum absolute atomic E-state index is 0.0558. The SMILES string of the molecule is CS(=O)(=O)NC(=O)c1c(-c2ccccc2)sc2c(C3CC3)c(Cc3cccc4ccccc34)cc(=O)n12. The Hall–Kier alpha value is -3.75. The predicted molar refractivity (Wildman–Crippen MR) is 148 cm³/mol. The van der Waals surface area contributed by atoms with Crippen LogP contribution in [0, 0.1) is 0 Å². The molecule has 0 aliphatic heterocycles. The third-order valence-corrected chi connectivity index (χ3v) is 8.50. The molecule has 186 valence electrons. The van der Waals surface area contributed by atoms with Gasteiger partial charge in [-0.2, -0.15) is 0 Å². The van der Waals surface area contributed by atoms with E-state index in [1.807, 2.05) is 48.5 Å². The quantitative estimate of drug-likeness (QED) is 0.323.